The summed E-state index contributed by atoms with van der Waals surface area (Å²) in [4.78, 5) is 13.8. The summed E-state index contributed by atoms with van der Waals surface area (Å²) < 4.78 is 5.60. The molecule has 0 radical (unpaired) electrons. The number of ether oxygens (including phenoxy) is 1. The molecule has 1 aliphatic rings. The lowest BCUT2D eigenvalue weighted by Gasteiger charge is -2.38. The Morgan fingerprint density at radius 3 is 2.77 bits per heavy atom. The van der Waals surface area contributed by atoms with Gasteiger partial charge in [0.15, 0.2) is 0 Å². The van der Waals surface area contributed by atoms with Crippen LogP contribution in [0.3, 0.4) is 0 Å². The third-order valence-electron chi connectivity index (χ3n) is 3.75. The van der Waals surface area contributed by atoms with Gasteiger partial charge in [0.05, 0.1) is 11.1 Å². The maximum absolute atomic E-state index is 11.8. The van der Waals surface area contributed by atoms with Crippen molar-refractivity contribution in [3.63, 3.8) is 0 Å². The van der Waals surface area contributed by atoms with Crippen LogP contribution in [0.2, 0.25) is 5.02 Å². The molecular formula is C16H23ClN2O3. The van der Waals surface area contributed by atoms with E-state index in [1.54, 1.807) is 18.2 Å². The van der Waals surface area contributed by atoms with E-state index in [9.17, 15) is 9.90 Å². The smallest absolute Gasteiger partial charge is 0.325 e. The highest BCUT2D eigenvalue weighted by Crippen LogP contribution is 2.32. The molecule has 0 bridgehead atoms. The molecule has 122 valence electrons. The second kappa shape index (κ2) is 7.31. The van der Waals surface area contributed by atoms with Crippen LogP contribution in [0.1, 0.15) is 32.4 Å². The van der Waals surface area contributed by atoms with Gasteiger partial charge in [0.25, 0.3) is 0 Å². The highest BCUT2D eigenvalue weighted by Gasteiger charge is 2.32. The first-order valence-electron chi connectivity index (χ1n) is 7.55. The van der Waals surface area contributed by atoms with Crippen LogP contribution in [0, 0.1) is 0 Å². The van der Waals surface area contributed by atoms with E-state index < -0.39 is 12.0 Å². The number of benzene rings is 1. The topological polar surface area (TPSA) is 61.8 Å². The monoisotopic (exact) mass is 326 g/mol. The van der Waals surface area contributed by atoms with E-state index in [0.717, 1.165) is 13.1 Å². The summed E-state index contributed by atoms with van der Waals surface area (Å²) >= 11 is 6.25. The van der Waals surface area contributed by atoms with Crippen LogP contribution < -0.4 is 10.1 Å². The number of carboxylic acids is 1. The van der Waals surface area contributed by atoms with Gasteiger partial charge in [-0.2, -0.15) is 0 Å². The summed E-state index contributed by atoms with van der Waals surface area (Å²) in [6.07, 6.45) is 0.0202. The molecule has 2 N–H and O–H groups in total. The van der Waals surface area contributed by atoms with Gasteiger partial charge in [-0.25, -0.2) is 0 Å². The second-order valence-corrected chi connectivity index (χ2v) is 6.30. The van der Waals surface area contributed by atoms with Gasteiger partial charge in [-0.3, -0.25) is 9.69 Å². The molecular weight excluding hydrogens is 304 g/mol. The van der Waals surface area contributed by atoms with E-state index in [2.05, 4.69) is 5.32 Å². The van der Waals surface area contributed by atoms with Gasteiger partial charge in [0.2, 0.25) is 0 Å². The van der Waals surface area contributed by atoms with Crippen LogP contribution in [0.4, 0.5) is 0 Å². The zero-order valence-corrected chi connectivity index (χ0v) is 13.9. The zero-order chi connectivity index (χ0) is 16.3. The van der Waals surface area contributed by atoms with Crippen LogP contribution in [0.15, 0.2) is 18.2 Å². The molecule has 1 heterocycles. The van der Waals surface area contributed by atoms with Crippen LogP contribution >= 0.6 is 11.6 Å². The Morgan fingerprint density at radius 1 is 1.50 bits per heavy atom. The molecule has 2 unspecified atom stereocenters. The lowest BCUT2D eigenvalue weighted by molar-refractivity contribution is -0.145. The van der Waals surface area contributed by atoms with Crippen LogP contribution in [0.25, 0.3) is 0 Å². The Balaban J connectivity index is 2.29. The van der Waals surface area contributed by atoms with Crippen molar-refractivity contribution in [2.24, 2.45) is 0 Å². The average molecular weight is 327 g/mol. The summed E-state index contributed by atoms with van der Waals surface area (Å²) in [5.74, 6) is -0.278. The third kappa shape index (κ3) is 3.91. The van der Waals surface area contributed by atoms with Crippen molar-refractivity contribution in [2.75, 3.05) is 19.6 Å². The molecule has 22 heavy (non-hydrogen) atoms. The Hall–Kier alpha value is -1.30. The van der Waals surface area contributed by atoms with Crippen molar-refractivity contribution in [1.29, 1.82) is 0 Å². The summed E-state index contributed by atoms with van der Waals surface area (Å²) in [5.41, 5.74) is 0.683. The number of piperazine rings is 1. The van der Waals surface area contributed by atoms with Gasteiger partial charge >= 0.3 is 5.97 Å². The minimum Gasteiger partial charge on any atom is -0.489 e. The second-order valence-electron chi connectivity index (χ2n) is 5.89. The average Bonchev–Trinajstić information content (AvgIpc) is 2.43. The predicted octanol–water partition coefficient (Wildman–Crippen LogP) is 2.55. The number of nitrogens with one attached hydrogen (secondary N) is 1. The minimum absolute atomic E-state index is 0.0202. The SMILES string of the molecule is CC(C)Oc1ccc(C(C(=O)O)N2CCNCC2C)cc1Cl. The molecule has 1 aromatic carbocycles. The molecule has 6 heteroatoms. The fraction of sp³-hybridized carbons (Fsp3) is 0.562. The van der Waals surface area contributed by atoms with Gasteiger partial charge in [0, 0.05) is 25.7 Å². The maximum Gasteiger partial charge on any atom is 0.325 e. The molecule has 0 saturated carbocycles. The van der Waals surface area contributed by atoms with Crippen LogP contribution in [-0.4, -0.2) is 47.8 Å². The van der Waals surface area contributed by atoms with Crippen molar-refractivity contribution < 1.29 is 14.6 Å². The number of hydrogen-bond acceptors (Lipinski definition) is 4. The van der Waals surface area contributed by atoms with E-state index in [-0.39, 0.29) is 12.1 Å². The van der Waals surface area contributed by atoms with E-state index in [1.807, 2.05) is 25.7 Å². The molecule has 1 saturated heterocycles. The van der Waals surface area contributed by atoms with E-state index in [0.29, 0.717) is 22.9 Å². The number of hydrogen-bond donors (Lipinski definition) is 2. The van der Waals surface area contributed by atoms with Gasteiger partial charge in [-0.15, -0.1) is 0 Å². The standard InChI is InChI=1S/C16H23ClN2O3/c1-10(2)22-14-5-4-12(8-13(14)17)15(16(20)21)19-7-6-18-9-11(19)3/h4-5,8,10-11,15,18H,6-7,9H2,1-3H3,(H,20,21). The summed E-state index contributed by atoms with van der Waals surface area (Å²) in [7, 11) is 0. The first kappa shape index (κ1) is 17.1. The molecule has 2 rings (SSSR count). The van der Waals surface area contributed by atoms with Crippen molar-refractivity contribution in [3.8, 4) is 5.75 Å². The summed E-state index contributed by atoms with van der Waals surface area (Å²) in [5, 5.41) is 13.4. The highest BCUT2D eigenvalue weighted by molar-refractivity contribution is 6.32. The van der Waals surface area contributed by atoms with E-state index in [1.165, 1.54) is 0 Å². The lowest BCUT2D eigenvalue weighted by Crippen LogP contribution is -2.52. The summed E-state index contributed by atoms with van der Waals surface area (Å²) in [6.45, 7) is 8.14. The molecule has 1 aliphatic heterocycles. The molecule has 0 amide bonds. The highest BCUT2D eigenvalue weighted by atomic mass is 35.5. The number of rotatable bonds is 5. The van der Waals surface area contributed by atoms with Crippen molar-refractivity contribution >= 4 is 17.6 Å². The number of aliphatic carboxylic acids is 1. The van der Waals surface area contributed by atoms with E-state index in [4.69, 9.17) is 16.3 Å². The van der Waals surface area contributed by atoms with Crippen molar-refractivity contribution in [2.45, 2.75) is 39.0 Å². The molecule has 5 nitrogen and oxygen atoms in total. The molecule has 0 aliphatic carbocycles. The van der Waals surface area contributed by atoms with Gasteiger partial charge < -0.3 is 15.2 Å². The maximum atomic E-state index is 11.8. The first-order chi connectivity index (χ1) is 10.4. The number of carboxylic acid groups (broad SMARTS) is 1. The number of carbonyl (C=O) groups is 1. The third-order valence-corrected chi connectivity index (χ3v) is 4.05. The Bertz CT molecular complexity index is 536. The Kier molecular flexibility index (Phi) is 5.67. The normalized spacial score (nSPS) is 20.9. The minimum atomic E-state index is -0.859. The molecule has 1 aromatic rings. The van der Waals surface area contributed by atoms with Crippen LogP contribution in [0.5, 0.6) is 5.75 Å². The van der Waals surface area contributed by atoms with Gasteiger partial charge in [0.1, 0.15) is 11.8 Å². The quantitative estimate of drug-likeness (QED) is 0.870. The first-order valence-corrected chi connectivity index (χ1v) is 7.93. The van der Waals surface area contributed by atoms with Gasteiger partial charge in [-0.05, 0) is 38.5 Å². The van der Waals surface area contributed by atoms with Crippen molar-refractivity contribution in [3.05, 3.63) is 28.8 Å². The molecule has 1 fully saturated rings. The number of halogens is 1. The fourth-order valence-corrected chi connectivity index (χ4v) is 2.99. The summed E-state index contributed by atoms with van der Waals surface area (Å²) in [6, 6.07) is 4.70. The van der Waals surface area contributed by atoms with E-state index >= 15 is 0 Å². The fourth-order valence-electron chi connectivity index (χ4n) is 2.75. The Morgan fingerprint density at radius 2 is 2.23 bits per heavy atom. The van der Waals surface area contributed by atoms with Crippen molar-refractivity contribution in [1.82, 2.24) is 10.2 Å². The number of nitrogens with zero attached hydrogens (tertiary/aromatic N) is 1. The Labute approximate surface area is 136 Å². The predicted molar refractivity (Wildman–Crippen MR) is 86.6 cm³/mol. The zero-order valence-electron chi connectivity index (χ0n) is 13.2. The molecule has 0 aromatic heterocycles. The van der Waals surface area contributed by atoms with Gasteiger partial charge in [-0.1, -0.05) is 17.7 Å². The molecule has 0 spiro atoms. The largest absolute Gasteiger partial charge is 0.489 e. The lowest BCUT2D eigenvalue weighted by atomic mass is 10.0. The molecule has 2 atom stereocenters. The van der Waals surface area contributed by atoms with Crippen LogP contribution in [-0.2, 0) is 4.79 Å².